The lowest BCUT2D eigenvalue weighted by molar-refractivity contribution is -0.120. The lowest BCUT2D eigenvalue weighted by Gasteiger charge is -2.40. The number of carbonyl (C=O) groups is 2. The first-order valence-electron chi connectivity index (χ1n) is 14.9. The van der Waals surface area contributed by atoms with Crippen LogP contribution in [0.25, 0.3) is 5.69 Å². The second kappa shape index (κ2) is 12.6. The van der Waals surface area contributed by atoms with Gasteiger partial charge >= 0.3 is 0 Å². The van der Waals surface area contributed by atoms with Gasteiger partial charge in [0.15, 0.2) is 0 Å². The Morgan fingerprint density at radius 3 is 2.22 bits per heavy atom. The van der Waals surface area contributed by atoms with Gasteiger partial charge in [0, 0.05) is 17.8 Å². The minimum atomic E-state index is -0.302. The molecule has 1 unspecified atom stereocenters. The SMILES string of the molecule is CCCCCCc1ccc(C(=O)N(CC(=O)N2c3ccccc3-n3cccc3C2c2ccc(C)cc2)C(C)C)cc1. The van der Waals surface area contributed by atoms with E-state index in [2.05, 4.69) is 67.1 Å². The molecule has 0 spiro atoms. The standard InChI is InChI=1S/C36H41N3O2/c1-5-6-7-8-12-28-18-22-30(23-19-28)36(41)38(26(2)3)25-34(40)39-32-14-10-9-13-31(32)37-24-11-15-33(37)35(39)29-20-16-27(4)17-21-29/h9-11,13-24,26,35H,5-8,12,25H2,1-4H3. The van der Waals surface area contributed by atoms with E-state index < -0.39 is 0 Å². The third-order valence-corrected chi connectivity index (χ3v) is 8.09. The smallest absolute Gasteiger partial charge is 0.254 e. The third kappa shape index (κ3) is 6.00. The molecule has 0 N–H and O–H groups in total. The number of aromatic nitrogens is 1. The summed E-state index contributed by atoms with van der Waals surface area (Å²) in [6, 6.07) is 28.0. The predicted octanol–water partition coefficient (Wildman–Crippen LogP) is 7.90. The number of para-hydroxylation sites is 2. The van der Waals surface area contributed by atoms with Crippen molar-refractivity contribution in [3.8, 4) is 5.69 Å². The molecule has 0 radical (unpaired) electrons. The summed E-state index contributed by atoms with van der Waals surface area (Å²) in [6.45, 7) is 8.22. The van der Waals surface area contributed by atoms with E-state index in [0.29, 0.717) is 5.56 Å². The highest BCUT2D eigenvalue weighted by Gasteiger charge is 2.37. The summed E-state index contributed by atoms with van der Waals surface area (Å²) in [5.74, 6) is -0.225. The molecule has 1 aromatic heterocycles. The predicted molar refractivity (Wildman–Crippen MR) is 167 cm³/mol. The first-order valence-corrected chi connectivity index (χ1v) is 14.9. The van der Waals surface area contributed by atoms with Crippen LogP contribution < -0.4 is 4.90 Å². The number of nitrogens with zero attached hydrogens (tertiary/aromatic N) is 3. The molecule has 0 fully saturated rings. The van der Waals surface area contributed by atoms with E-state index in [4.69, 9.17) is 0 Å². The van der Waals surface area contributed by atoms with Crippen molar-refractivity contribution in [3.05, 3.63) is 119 Å². The quantitative estimate of drug-likeness (QED) is 0.190. The maximum absolute atomic E-state index is 14.3. The van der Waals surface area contributed by atoms with Gasteiger partial charge in [0.25, 0.3) is 5.91 Å². The van der Waals surface area contributed by atoms with Crippen molar-refractivity contribution in [2.75, 3.05) is 11.4 Å². The van der Waals surface area contributed by atoms with Crippen LogP contribution in [0.5, 0.6) is 0 Å². The van der Waals surface area contributed by atoms with Crippen molar-refractivity contribution >= 4 is 17.5 Å². The minimum Gasteiger partial charge on any atom is -0.327 e. The van der Waals surface area contributed by atoms with Gasteiger partial charge in [-0.3, -0.25) is 14.5 Å². The number of benzene rings is 3. The molecule has 41 heavy (non-hydrogen) atoms. The second-order valence-corrected chi connectivity index (χ2v) is 11.4. The lowest BCUT2D eigenvalue weighted by atomic mass is 9.97. The van der Waals surface area contributed by atoms with Crippen LogP contribution in [-0.4, -0.2) is 33.9 Å². The number of carbonyl (C=O) groups excluding carboxylic acids is 2. The fourth-order valence-corrected chi connectivity index (χ4v) is 5.77. The third-order valence-electron chi connectivity index (χ3n) is 8.09. The molecular formula is C36H41N3O2. The molecule has 5 nitrogen and oxygen atoms in total. The zero-order chi connectivity index (χ0) is 28.9. The summed E-state index contributed by atoms with van der Waals surface area (Å²) in [5, 5.41) is 0. The van der Waals surface area contributed by atoms with Gasteiger partial charge < -0.3 is 9.47 Å². The monoisotopic (exact) mass is 547 g/mol. The Kier molecular flexibility index (Phi) is 8.72. The van der Waals surface area contributed by atoms with E-state index in [1.54, 1.807) is 4.90 Å². The normalized spacial score (nSPS) is 14.1. The summed E-state index contributed by atoms with van der Waals surface area (Å²) in [5.41, 5.74) is 6.90. The minimum absolute atomic E-state index is 0.00727. The van der Waals surface area contributed by atoms with E-state index in [9.17, 15) is 9.59 Å². The van der Waals surface area contributed by atoms with E-state index in [1.807, 2.05) is 61.2 Å². The van der Waals surface area contributed by atoms with Crippen molar-refractivity contribution in [1.82, 2.24) is 9.47 Å². The van der Waals surface area contributed by atoms with Gasteiger partial charge in [-0.1, -0.05) is 80.3 Å². The number of aryl methyl sites for hydroxylation is 2. The lowest BCUT2D eigenvalue weighted by Crippen LogP contribution is -2.48. The van der Waals surface area contributed by atoms with Crippen LogP contribution in [-0.2, 0) is 11.2 Å². The molecule has 2 heterocycles. The van der Waals surface area contributed by atoms with Gasteiger partial charge in [-0.2, -0.15) is 0 Å². The zero-order valence-electron chi connectivity index (χ0n) is 24.7. The Morgan fingerprint density at radius 1 is 0.829 bits per heavy atom. The van der Waals surface area contributed by atoms with Crippen LogP contribution in [0.15, 0.2) is 91.1 Å². The number of amides is 2. The second-order valence-electron chi connectivity index (χ2n) is 11.4. The number of rotatable bonds is 10. The van der Waals surface area contributed by atoms with Gasteiger partial charge in [-0.25, -0.2) is 0 Å². The molecule has 4 aromatic rings. The number of hydrogen-bond acceptors (Lipinski definition) is 2. The summed E-state index contributed by atoms with van der Waals surface area (Å²) in [4.78, 5) is 31.7. The topological polar surface area (TPSA) is 45.6 Å². The molecule has 3 aromatic carbocycles. The molecule has 212 valence electrons. The van der Waals surface area contributed by atoms with E-state index in [1.165, 1.54) is 30.4 Å². The Hall–Kier alpha value is -4.12. The Balaban J connectivity index is 1.43. The summed E-state index contributed by atoms with van der Waals surface area (Å²) < 4.78 is 2.17. The fraction of sp³-hybridized carbons (Fsp3) is 0.333. The van der Waals surface area contributed by atoms with Crippen LogP contribution in [0.2, 0.25) is 0 Å². The van der Waals surface area contributed by atoms with Crippen molar-refractivity contribution in [2.45, 2.75) is 71.9 Å². The average molecular weight is 548 g/mol. The summed E-state index contributed by atoms with van der Waals surface area (Å²) >= 11 is 0. The molecule has 5 heteroatoms. The molecule has 0 saturated heterocycles. The van der Waals surface area contributed by atoms with Gasteiger partial charge in [-0.15, -0.1) is 0 Å². The van der Waals surface area contributed by atoms with Crippen molar-refractivity contribution < 1.29 is 9.59 Å². The number of anilines is 1. The molecule has 1 aliphatic heterocycles. The Morgan fingerprint density at radius 2 is 1.54 bits per heavy atom. The van der Waals surface area contributed by atoms with Crippen molar-refractivity contribution in [3.63, 3.8) is 0 Å². The average Bonchev–Trinajstić information content (AvgIpc) is 3.48. The highest BCUT2D eigenvalue weighted by atomic mass is 16.2. The van der Waals surface area contributed by atoms with Crippen LogP contribution in [0.1, 0.15) is 85.2 Å². The Bertz CT molecular complexity index is 1480. The molecule has 0 saturated carbocycles. The van der Waals surface area contributed by atoms with Gasteiger partial charge in [0.05, 0.1) is 17.1 Å². The largest absolute Gasteiger partial charge is 0.327 e. The molecule has 1 aliphatic rings. The maximum atomic E-state index is 14.3. The summed E-state index contributed by atoms with van der Waals surface area (Å²) in [7, 11) is 0. The Labute approximate surface area is 244 Å². The van der Waals surface area contributed by atoms with Gasteiger partial charge in [-0.05, 0) is 81.1 Å². The number of hydrogen-bond donors (Lipinski definition) is 0. The molecule has 5 rings (SSSR count). The maximum Gasteiger partial charge on any atom is 0.254 e. The van der Waals surface area contributed by atoms with Gasteiger partial charge in [0.1, 0.15) is 12.6 Å². The van der Waals surface area contributed by atoms with Crippen LogP contribution in [0.4, 0.5) is 5.69 Å². The molecule has 0 aliphatic carbocycles. The van der Waals surface area contributed by atoms with Crippen molar-refractivity contribution in [2.24, 2.45) is 0 Å². The molecule has 2 amide bonds. The van der Waals surface area contributed by atoms with Crippen LogP contribution in [0.3, 0.4) is 0 Å². The van der Waals surface area contributed by atoms with E-state index in [0.717, 1.165) is 35.5 Å². The molecule has 0 bridgehead atoms. The summed E-state index contributed by atoms with van der Waals surface area (Å²) in [6.07, 6.45) is 7.95. The first kappa shape index (κ1) is 28.4. The first-order chi connectivity index (χ1) is 19.9. The van der Waals surface area contributed by atoms with Crippen LogP contribution >= 0.6 is 0 Å². The van der Waals surface area contributed by atoms with Gasteiger partial charge in [0.2, 0.25) is 5.91 Å². The molecular weight excluding hydrogens is 506 g/mol. The zero-order valence-corrected chi connectivity index (χ0v) is 24.7. The molecule has 1 atom stereocenters. The number of fused-ring (bicyclic) bond motifs is 3. The fourth-order valence-electron chi connectivity index (χ4n) is 5.77. The highest BCUT2D eigenvalue weighted by Crippen LogP contribution is 2.42. The highest BCUT2D eigenvalue weighted by molar-refractivity contribution is 6.02. The van der Waals surface area contributed by atoms with E-state index in [-0.39, 0.29) is 30.4 Å². The van der Waals surface area contributed by atoms with Crippen LogP contribution in [0, 0.1) is 6.92 Å². The van der Waals surface area contributed by atoms with Crippen molar-refractivity contribution in [1.29, 1.82) is 0 Å². The number of unbranched alkanes of at least 4 members (excludes halogenated alkanes) is 3. The van der Waals surface area contributed by atoms with E-state index >= 15 is 0 Å².